The van der Waals surface area contributed by atoms with E-state index in [-0.39, 0.29) is 0 Å². The highest BCUT2D eigenvalue weighted by atomic mass is 79.9. The number of hydrogen-bond donors (Lipinski definition) is 1. The molecule has 2 nitrogen and oxygen atoms in total. The van der Waals surface area contributed by atoms with Crippen molar-refractivity contribution in [2.45, 2.75) is 66.0 Å². The Hall–Kier alpha value is -0.540. The van der Waals surface area contributed by atoms with E-state index in [9.17, 15) is 0 Å². The van der Waals surface area contributed by atoms with Gasteiger partial charge in [-0.15, -0.1) is 0 Å². The molecule has 3 heteroatoms. The van der Waals surface area contributed by atoms with Crippen LogP contribution >= 0.6 is 15.9 Å². The van der Waals surface area contributed by atoms with Crippen molar-refractivity contribution < 1.29 is 0 Å². The Labute approximate surface area is 139 Å². The summed E-state index contributed by atoms with van der Waals surface area (Å²) in [4.78, 5) is 2.56. The minimum atomic E-state index is 0.515. The number of nitrogens with zero attached hydrogens (tertiary/aromatic N) is 1. The fourth-order valence-electron chi connectivity index (χ4n) is 2.35. The van der Waals surface area contributed by atoms with Gasteiger partial charge in [0.15, 0.2) is 0 Å². The first kappa shape index (κ1) is 18.5. The third kappa shape index (κ3) is 6.84. The van der Waals surface area contributed by atoms with Gasteiger partial charge in [-0.2, -0.15) is 0 Å². The molecule has 0 aromatic heterocycles. The first-order valence-electron chi connectivity index (χ1n) is 8.35. The molecule has 1 rings (SSSR count). The van der Waals surface area contributed by atoms with Gasteiger partial charge in [-0.05, 0) is 30.5 Å². The van der Waals surface area contributed by atoms with Gasteiger partial charge in [-0.3, -0.25) is 0 Å². The summed E-state index contributed by atoms with van der Waals surface area (Å²) in [6.45, 7) is 12.2. The summed E-state index contributed by atoms with van der Waals surface area (Å²) in [6, 6.07) is 7.20. The van der Waals surface area contributed by atoms with Crippen molar-refractivity contribution in [3.05, 3.63) is 28.2 Å². The summed E-state index contributed by atoms with van der Waals surface area (Å²) >= 11 is 3.63. The molecule has 0 bridgehead atoms. The van der Waals surface area contributed by atoms with Gasteiger partial charge >= 0.3 is 0 Å². The Morgan fingerprint density at radius 3 is 2.24 bits per heavy atom. The van der Waals surface area contributed by atoms with Gasteiger partial charge < -0.3 is 10.2 Å². The molecule has 0 radical (unpaired) electrons. The SMILES string of the molecule is CCCCN(CCCC)c1cc(Br)ccc1CNC(C)C. The molecule has 21 heavy (non-hydrogen) atoms. The average Bonchev–Trinajstić information content (AvgIpc) is 2.46. The quantitative estimate of drug-likeness (QED) is 0.608. The van der Waals surface area contributed by atoms with E-state index in [1.165, 1.54) is 41.4 Å². The van der Waals surface area contributed by atoms with Crippen LogP contribution in [0.4, 0.5) is 5.69 Å². The van der Waals surface area contributed by atoms with Gasteiger partial charge in [0.25, 0.3) is 0 Å². The fourth-order valence-corrected chi connectivity index (χ4v) is 2.69. The standard InChI is InChI=1S/C18H31BrN2/c1-5-7-11-21(12-8-6-2)18-13-17(19)10-9-16(18)14-20-15(3)4/h9-10,13,15,20H,5-8,11-12,14H2,1-4H3. The lowest BCUT2D eigenvalue weighted by Crippen LogP contribution is -2.29. The van der Waals surface area contributed by atoms with Crippen LogP contribution in [0.1, 0.15) is 58.9 Å². The largest absolute Gasteiger partial charge is 0.371 e. The molecule has 0 aliphatic rings. The molecule has 0 heterocycles. The Balaban J connectivity index is 2.93. The predicted molar refractivity (Wildman–Crippen MR) is 98.1 cm³/mol. The van der Waals surface area contributed by atoms with Crippen molar-refractivity contribution >= 4 is 21.6 Å². The monoisotopic (exact) mass is 354 g/mol. The van der Waals surface area contributed by atoms with Crippen LogP contribution in [-0.2, 0) is 6.54 Å². The molecule has 1 aromatic carbocycles. The van der Waals surface area contributed by atoms with E-state index in [0.29, 0.717) is 6.04 Å². The Bertz CT molecular complexity index is 396. The van der Waals surface area contributed by atoms with Gasteiger partial charge in [0.05, 0.1) is 0 Å². The van der Waals surface area contributed by atoms with Crippen molar-refractivity contribution in [1.82, 2.24) is 5.32 Å². The zero-order valence-electron chi connectivity index (χ0n) is 14.1. The zero-order chi connectivity index (χ0) is 15.7. The van der Waals surface area contributed by atoms with Crippen molar-refractivity contribution in [2.24, 2.45) is 0 Å². The minimum Gasteiger partial charge on any atom is -0.371 e. The van der Waals surface area contributed by atoms with Crippen LogP contribution in [0, 0.1) is 0 Å². The van der Waals surface area contributed by atoms with Crippen molar-refractivity contribution in [2.75, 3.05) is 18.0 Å². The van der Waals surface area contributed by atoms with E-state index in [4.69, 9.17) is 0 Å². The first-order valence-corrected chi connectivity index (χ1v) is 9.14. The maximum absolute atomic E-state index is 3.63. The van der Waals surface area contributed by atoms with Crippen LogP contribution in [0.3, 0.4) is 0 Å². The predicted octanol–water partition coefficient (Wildman–Crippen LogP) is 5.35. The summed E-state index contributed by atoms with van der Waals surface area (Å²) in [5.74, 6) is 0. The van der Waals surface area contributed by atoms with Gasteiger partial charge in [0.2, 0.25) is 0 Å². The molecule has 0 unspecified atom stereocenters. The Kier molecular flexibility index (Phi) is 9.02. The van der Waals surface area contributed by atoms with Gasteiger partial charge in [0, 0.05) is 35.8 Å². The molecule has 0 fully saturated rings. The van der Waals surface area contributed by atoms with E-state index in [1.54, 1.807) is 0 Å². The Morgan fingerprint density at radius 2 is 1.71 bits per heavy atom. The number of nitrogens with one attached hydrogen (secondary N) is 1. The third-order valence-electron chi connectivity index (χ3n) is 3.65. The van der Waals surface area contributed by atoms with Gasteiger partial charge in [-0.1, -0.05) is 62.5 Å². The lowest BCUT2D eigenvalue weighted by Gasteiger charge is -2.28. The van der Waals surface area contributed by atoms with Gasteiger partial charge in [0.1, 0.15) is 0 Å². The lowest BCUT2D eigenvalue weighted by molar-refractivity contribution is 0.586. The zero-order valence-corrected chi connectivity index (χ0v) is 15.7. The molecule has 0 aliphatic carbocycles. The van der Waals surface area contributed by atoms with Crippen LogP contribution < -0.4 is 10.2 Å². The summed E-state index contributed by atoms with van der Waals surface area (Å²) in [5.41, 5.74) is 2.79. The summed E-state index contributed by atoms with van der Waals surface area (Å²) in [6.07, 6.45) is 5.01. The van der Waals surface area contributed by atoms with Crippen molar-refractivity contribution in [3.63, 3.8) is 0 Å². The number of rotatable bonds is 10. The second-order valence-electron chi connectivity index (χ2n) is 6.00. The van der Waals surface area contributed by atoms with Crippen molar-refractivity contribution in [3.8, 4) is 0 Å². The minimum absolute atomic E-state index is 0.515. The molecular weight excluding hydrogens is 324 g/mol. The maximum atomic E-state index is 3.63. The molecule has 0 spiro atoms. The molecule has 0 amide bonds. The second-order valence-corrected chi connectivity index (χ2v) is 6.92. The lowest BCUT2D eigenvalue weighted by atomic mass is 10.1. The topological polar surface area (TPSA) is 15.3 Å². The summed E-state index contributed by atoms with van der Waals surface area (Å²) in [5, 5.41) is 3.55. The van der Waals surface area contributed by atoms with Crippen molar-refractivity contribution in [1.29, 1.82) is 0 Å². The summed E-state index contributed by atoms with van der Waals surface area (Å²) < 4.78 is 1.17. The molecule has 1 N–H and O–H groups in total. The van der Waals surface area contributed by atoms with Gasteiger partial charge in [-0.25, -0.2) is 0 Å². The molecule has 1 aromatic rings. The van der Waals surface area contributed by atoms with E-state index < -0.39 is 0 Å². The number of anilines is 1. The fraction of sp³-hybridized carbons (Fsp3) is 0.667. The highest BCUT2D eigenvalue weighted by Gasteiger charge is 2.11. The number of halogens is 1. The normalized spacial score (nSPS) is 11.1. The molecule has 120 valence electrons. The van der Waals surface area contributed by atoms with Crippen LogP contribution in [0.15, 0.2) is 22.7 Å². The number of unbranched alkanes of at least 4 members (excludes halogenated alkanes) is 2. The molecule has 0 saturated heterocycles. The molecule has 0 aliphatic heterocycles. The molecule has 0 atom stereocenters. The first-order chi connectivity index (χ1) is 10.1. The van der Waals surface area contributed by atoms with E-state index in [0.717, 1.165) is 19.6 Å². The Morgan fingerprint density at radius 1 is 1.10 bits per heavy atom. The van der Waals surface area contributed by atoms with Crippen LogP contribution in [0.2, 0.25) is 0 Å². The third-order valence-corrected chi connectivity index (χ3v) is 4.15. The van der Waals surface area contributed by atoms with E-state index in [1.807, 2.05) is 0 Å². The van der Waals surface area contributed by atoms with E-state index >= 15 is 0 Å². The molecular formula is C18H31BrN2. The summed E-state index contributed by atoms with van der Waals surface area (Å²) in [7, 11) is 0. The average molecular weight is 355 g/mol. The highest BCUT2D eigenvalue weighted by Crippen LogP contribution is 2.26. The van der Waals surface area contributed by atoms with Crippen LogP contribution in [-0.4, -0.2) is 19.1 Å². The number of hydrogen-bond acceptors (Lipinski definition) is 2. The number of benzene rings is 1. The highest BCUT2D eigenvalue weighted by molar-refractivity contribution is 9.10. The molecule has 0 saturated carbocycles. The second kappa shape index (κ2) is 10.2. The maximum Gasteiger partial charge on any atom is 0.0423 e. The van der Waals surface area contributed by atoms with Crippen LogP contribution in [0.5, 0.6) is 0 Å². The van der Waals surface area contributed by atoms with Crippen LogP contribution in [0.25, 0.3) is 0 Å². The smallest absolute Gasteiger partial charge is 0.0423 e. The van der Waals surface area contributed by atoms with E-state index in [2.05, 4.69) is 72.0 Å².